The molecule has 1 N–H and O–H groups in total. The third kappa shape index (κ3) is 4.48. The molecule has 0 saturated heterocycles. The topological polar surface area (TPSA) is 71.4 Å². The molecule has 1 aliphatic rings. The van der Waals surface area contributed by atoms with E-state index >= 15 is 0 Å². The molecule has 21 heavy (non-hydrogen) atoms. The fraction of sp³-hybridized carbons (Fsp3) is 0.533. The van der Waals surface area contributed by atoms with Gasteiger partial charge in [0.05, 0.1) is 10.8 Å². The van der Waals surface area contributed by atoms with Gasteiger partial charge in [-0.1, -0.05) is 19.3 Å². The molecule has 116 valence electrons. The minimum absolute atomic E-state index is 0.0640. The quantitative estimate of drug-likeness (QED) is 0.859. The second-order valence-corrected chi connectivity index (χ2v) is 8.81. The highest BCUT2D eigenvalue weighted by Crippen LogP contribution is 2.37. The Hall–Kier alpha value is -1.01. The SMILES string of the molecule is CS(=O)(=O)c1ccc(SC2CCCCCC2C(=O)O)cc1. The smallest absolute Gasteiger partial charge is 0.307 e. The van der Waals surface area contributed by atoms with Gasteiger partial charge < -0.3 is 5.11 Å². The van der Waals surface area contributed by atoms with Crippen LogP contribution in [0.1, 0.15) is 32.1 Å². The number of carboxylic acids is 1. The summed E-state index contributed by atoms with van der Waals surface area (Å²) in [4.78, 5) is 12.6. The maximum Gasteiger partial charge on any atom is 0.307 e. The Morgan fingerprint density at radius 2 is 1.76 bits per heavy atom. The van der Waals surface area contributed by atoms with Crippen LogP contribution in [0.25, 0.3) is 0 Å². The van der Waals surface area contributed by atoms with E-state index in [4.69, 9.17) is 0 Å². The number of carboxylic acid groups (broad SMARTS) is 1. The van der Waals surface area contributed by atoms with Gasteiger partial charge in [-0.15, -0.1) is 11.8 Å². The Kier molecular flexibility index (Phi) is 5.32. The van der Waals surface area contributed by atoms with E-state index in [1.165, 1.54) is 6.26 Å². The van der Waals surface area contributed by atoms with Crippen molar-refractivity contribution >= 4 is 27.6 Å². The van der Waals surface area contributed by atoms with Crippen molar-refractivity contribution < 1.29 is 18.3 Å². The lowest BCUT2D eigenvalue weighted by atomic mass is 10.0. The molecule has 0 bridgehead atoms. The molecule has 2 unspecified atom stereocenters. The van der Waals surface area contributed by atoms with Crippen LogP contribution in [0.4, 0.5) is 0 Å². The van der Waals surface area contributed by atoms with Gasteiger partial charge >= 0.3 is 5.97 Å². The number of sulfone groups is 1. The molecule has 0 aliphatic heterocycles. The van der Waals surface area contributed by atoms with Gasteiger partial charge in [0.15, 0.2) is 9.84 Å². The molecule has 1 saturated carbocycles. The summed E-state index contributed by atoms with van der Waals surface area (Å²) in [5.41, 5.74) is 0. The molecule has 0 amide bonds. The van der Waals surface area contributed by atoms with Crippen LogP contribution in [0, 0.1) is 5.92 Å². The van der Waals surface area contributed by atoms with Gasteiger partial charge in [0, 0.05) is 16.4 Å². The fourth-order valence-electron chi connectivity index (χ4n) is 2.64. The van der Waals surface area contributed by atoms with E-state index in [2.05, 4.69) is 0 Å². The zero-order chi connectivity index (χ0) is 15.5. The second-order valence-electron chi connectivity index (χ2n) is 5.48. The first-order valence-corrected chi connectivity index (χ1v) is 9.84. The fourth-order valence-corrected chi connectivity index (χ4v) is 4.61. The Balaban J connectivity index is 2.13. The molecule has 2 atom stereocenters. The zero-order valence-electron chi connectivity index (χ0n) is 12.0. The number of hydrogen-bond acceptors (Lipinski definition) is 4. The maximum absolute atomic E-state index is 11.4. The van der Waals surface area contributed by atoms with Crippen LogP contribution in [0.5, 0.6) is 0 Å². The molecule has 2 rings (SSSR count). The van der Waals surface area contributed by atoms with Crippen molar-refractivity contribution in [3.8, 4) is 0 Å². The molecule has 6 heteroatoms. The summed E-state index contributed by atoms with van der Waals surface area (Å²) in [7, 11) is -3.19. The molecular formula is C15H20O4S2. The summed E-state index contributed by atoms with van der Waals surface area (Å²) in [6.07, 6.45) is 5.93. The lowest BCUT2D eigenvalue weighted by Gasteiger charge is -2.21. The van der Waals surface area contributed by atoms with Crippen LogP contribution in [-0.2, 0) is 14.6 Å². The van der Waals surface area contributed by atoms with E-state index in [1.54, 1.807) is 36.0 Å². The van der Waals surface area contributed by atoms with Crippen molar-refractivity contribution in [2.24, 2.45) is 5.92 Å². The maximum atomic E-state index is 11.4. The summed E-state index contributed by atoms with van der Waals surface area (Å²) >= 11 is 1.56. The minimum atomic E-state index is -3.19. The van der Waals surface area contributed by atoms with Crippen LogP contribution in [0.3, 0.4) is 0 Å². The minimum Gasteiger partial charge on any atom is -0.481 e. The molecule has 0 radical (unpaired) electrons. The average molecular weight is 328 g/mol. The molecule has 1 aromatic rings. The van der Waals surface area contributed by atoms with Crippen molar-refractivity contribution in [1.29, 1.82) is 0 Å². The van der Waals surface area contributed by atoms with E-state index in [0.717, 1.165) is 37.0 Å². The Morgan fingerprint density at radius 1 is 1.14 bits per heavy atom. The van der Waals surface area contributed by atoms with E-state index < -0.39 is 15.8 Å². The highest BCUT2D eigenvalue weighted by atomic mass is 32.2. The van der Waals surface area contributed by atoms with E-state index in [1.807, 2.05) is 0 Å². The largest absolute Gasteiger partial charge is 0.481 e. The third-order valence-corrected chi connectivity index (χ3v) is 6.35. The summed E-state index contributed by atoms with van der Waals surface area (Å²) in [5.74, 6) is -1.03. The normalized spacial score (nSPS) is 23.5. The number of carbonyl (C=O) groups is 1. The van der Waals surface area contributed by atoms with Gasteiger partial charge in [-0.25, -0.2) is 8.42 Å². The van der Waals surface area contributed by atoms with Crippen LogP contribution < -0.4 is 0 Å². The van der Waals surface area contributed by atoms with Crippen molar-refractivity contribution in [2.75, 3.05) is 6.26 Å². The molecule has 0 aromatic heterocycles. The summed E-state index contributed by atoms with van der Waals surface area (Å²) in [6.45, 7) is 0. The summed E-state index contributed by atoms with van der Waals surface area (Å²) in [5, 5.41) is 9.43. The standard InChI is InChI=1S/C15H20O4S2/c1-21(18,19)12-9-7-11(8-10-12)20-14-6-4-2-3-5-13(14)15(16)17/h7-10,13-14H,2-6H2,1H3,(H,16,17). The van der Waals surface area contributed by atoms with E-state index in [9.17, 15) is 18.3 Å². The van der Waals surface area contributed by atoms with Gasteiger partial charge in [-0.3, -0.25) is 4.79 Å². The number of hydrogen-bond donors (Lipinski definition) is 1. The van der Waals surface area contributed by atoms with Crippen molar-refractivity contribution in [2.45, 2.75) is 47.1 Å². The van der Waals surface area contributed by atoms with E-state index in [0.29, 0.717) is 4.90 Å². The molecule has 1 aromatic carbocycles. The van der Waals surface area contributed by atoms with Crippen molar-refractivity contribution in [1.82, 2.24) is 0 Å². The first-order chi connectivity index (χ1) is 9.88. The Morgan fingerprint density at radius 3 is 2.33 bits per heavy atom. The predicted octanol–water partition coefficient (Wildman–Crippen LogP) is 3.22. The van der Waals surface area contributed by atoms with Gasteiger partial charge in [0.2, 0.25) is 0 Å². The number of aliphatic carboxylic acids is 1. The highest BCUT2D eigenvalue weighted by Gasteiger charge is 2.30. The van der Waals surface area contributed by atoms with Crippen LogP contribution in [-0.4, -0.2) is 31.0 Å². The van der Waals surface area contributed by atoms with Gasteiger partial charge in [-0.05, 0) is 37.1 Å². The number of rotatable bonds is 4. The lowest BCUT2D eigenvalue weighted by molar-refractivity contribution is -0.141. The third-order valence-electron chi connectivity index (χ3n) is 3.81. The first kappa shape index (κ1) is 16.4. The van der Waals surface area contributed by atoms with Gasteiger partial charge in [-0.2, -0.15) is 0 Å². The second kappa shape index (κ2) is 6.83. The number of thioether (sulfide) groups is 1. The first-order valence-electron chi connectivity index (χ1n) is 7.07. The zero-order valence-corrected chi connectivity index (χ0v) is 13.6. The molecule has 4 nitrogen and oxygen atoms in total. The molecule has 0 heterocycles. The van der Waals surface area contributed by atoms with Crippen LogP contribution >= 0.6 is 11.8 Å². The van der Waals surface area contributed by atoms with Crippen molar-refractivity contribution in [3.05, 3.63) is 24.3 Å². The summed E-state index contributed by atoms with van der Waals surface area (Å²) in [6, 6.07) is 6.71. The van der Waals surface area contributed by atoms with Crippen LogP contribution in [0.2, 0.25) is 0 Å². The monoisotopic (exact) mass is 328 g/mol. The molecule has 1 aliphatic carbocycles. The molecule has 1 fully saturated rings. The highest BCUT2D eigenvalue weighted by molar-refractivity contribution is 8.00. The lowest BCUT2D eigenvalue weighted by Crippen LogP contribution is -2.24. The Bertz CT molecular complexity index is 593. The van der Waals surface area contributed by atoms with Crippen LogP contribution in [0.15, 0.2) is 34.1 Å². The van der Waals surface area contributed by atoms with Crippen molar-refractivity contribution in [3.63, 3.8) is 0 Å². The summed E-state index contributed by atoms with van der Waals surface area (Å²) < 4.78 is 22.9. The Labute approximate surface area is 129 Å². The molecular weight excluding hydrogens is 308 g/mol. The average Bonchev–Trinajstić information content (AvgIpc) is 2.64. The van der Waals surface area contributed by atoms with Gasteiger partial charge in [0.1, 0.15) is 0 Å². The van der Waals surface area contributed by atoms with Gasteiger partial charge in [0.25, 0.3) is 0 Å². The predicted molar refractivity (Wildman–Crippen MR) is 83.4 cm³/mol. The van der Waals surface area contributed by atoms with E-state index in [-0.39, 0.29) is 11.2 Å². The molecule has 0 spiro atoms. The number of benzene rings is 1.